The molecule has 91 heavy (non-hydrogen) atoms. The highest BCUT2D eigenvalue weighted by Gasteiger charge is 2.46. The first kappa shape index (κ1) is 59.9. The Hall–Kier alpha value is -8.74. The van der Waals surface area contributed by atoms with Gasteiger partial charge in [0.1, 0.15) is 0 Å². The summed E-state index contributed by atoms with van der Waals surface area (Å²) in [5, 5.41) is 5.03. The molecule has 12 aromatic rings. The number of nitrogens with zero attached hydrogens (tertiary/aromatic N) is 5. The molecule has 0 aliphatic carbocycles. The van der Waals surface area contributed by atoms with Gasteiger partial charge in [0.25, 0.3) is 6.71 Å². The van der Waals surface area contributed by atoms with Gasteiger partial charge in [-0.05, 0) is 191 Å². The maximum atomic E-state index is 2.63. The number of aromatic nitrogens is 2. The van der Waals surface area contributed by atoms with Crippen molar-refractivity contribution in [2.45, 2.75) is 157 Å². The zero-order valence-electron chi connectivity index (χ0n) is 57.4. The van der Waals surface area contributed by atoms with Crippen molar-refractivity contribution < 1.29 is 0 Å². The van der Waals surface area contributed by atoms with Crippen LogP contribution in [0.4, 0.5) is 51.2 Å². The molecule has 10 aromatic carbocycles. The van der Waals surface area contributed by atoms with E-state index in [2.05, 4.69) is 356 Å². The van der Waals surface area contributed by atoms with E-state index in [0.29, 0.717) is 0 Å². The Morgan fingerprint density at radius 3 is 1.21 bits per heavy atom. The molecule has 458 valence electrons. The molecule has 0 amide bonds. The lowest BCUT2D eigenvalue weighted by Gasteiger charge is -2.45. The minimum Gasteiger partial charge on any atom is -0.342 e. The number of para-hydroxylation sites is 1. The van der Waals surface area contributed by atoms with Crippen LogP contribution in [-0.2, 0) is 39.5 Å². The second kappa shape index (κ2) is 20.6. The molecular weight excluding hydrogens is 1100 g/mol. The summed E-state index contributed by atoms with van der Waals surface area (Å²) < 4.78 is 5.14. The zero-order chi connectivity index (χ0) is 64.4. The average molecular weight is 1190 g/mol. The van der Waals surface area contributed by atoms with Gasteiger partial charge < -0.3 is 23.8 Å². The summed E-state index contributed by atoms with van der Waals surface area (Å²) in [5.41, 5.74) is 27.9. The lowest BCUT2D eigenvalue weighted by molar-refractivity contribution is 0.590. The molecule has 14 rings (SSSR count). The molecule has 6 heteroatoms. The highest BCUT2D eigenvalue weighted by atomic mass is 15.2. The summed E-state index contributed by atoms with van der Waals surface area (Å²) in [5.74, 6) is 0. The van der Waals surface area contributed by atoms with Crippen molar-refractivity contribution >= 4 is 118 Å². The van der Waals surface area contributed by atoms with Gasteiger partial charge in [0.15, 0.2) is 0 Å². The molecule has 0 saturated heterocycles. The Morgan fingerprint density at radius 2 is 0.736 bits per heavy atom. The number of fused-ring (bicyclic) bond motifs is 11. The van der Waals surface area contributed by atoms with E-state index in [9.17, 15) is 0 Å². The normalized spacial score (nSPS) is 13.8. The van der Waals surface area contributed by atoms with Crippen LogP contribution in [-0.4, -0.2) is 15.8 Å². The number of aryl methyl sites for hydroxylation is 1. The van der Waals surface area contributed by atoms with Crippen LogP contribution < -0.4 is 31.1 Å². The Balaban J connectivity index is 1.12. The van der Waals surface area contributed by atoms with Crippen molar-refractivity contribution in [1.29, 1.82) is 0 Å². The topological polar surface area (TPSA) is 19.6 Å². The summed E-state index contributed by atoms with van der Waals surface area (Å²) >= 11 is 0. The Labute approximate surface area is 542 Å². The van der Waals surface area contributed by atoms with Gasteiger partial charge in [0.2, 0.25) is 0 Å². The summed E-state index contributed by atoms with van der Waals surface area (Å²) in [7, 11) is 2.30. The molecule has 0 bridgehead atoms. The molecular formula is C85H90BN5. The predicted octanol–water partition coefficient (Wildman–Crippen LogP) is 21.8. The van der Waals surface area contributed by atoms with Gasteiger partial charge in [-0.3, -0.25) is 0 Å². The standard InChI is InChI=1S/C85H90BN5/c1-80(2,3)53-27-37-59(38-28-53)88(60-39-29-54(30-40-60)81(4,5)6)63-45-46-67-74(51-63)89(61-41-31-55(32-42-61)82(7,8)9)72-25-22-26-73-77(72)86(67)68-52-75(91-70-47-35-57(84(13,14)15)49-65(70)66-50-58(85(16,17)18)36-48-71(66)91)76-64-23-20-21-24-69(64)87(19)79(76)78(68)90(73)62-43-33-56(34-44-62)83(10,11)12/h20-52H,1-19H3. The second-order valence-electron chi connectivity index (χ2n) is 32.5. The van der Waals surface area contributed by atoms with Crippen LogP contribution in [0.25, 0.3) is 49.3 Å². The average Bonchev–Trinajstić information content (AvgIpc) is 1.67. The van der Waals surface area contributed by atoms with Crippen molar-refractivity contribution in [1.82, 2.24) is 9.13 Å². The first-order valence-electron chi connectivity index (χ1n) is 33.1. The van der Waals surface area contributed by atoms with Gasteiger partial charge in [-0.15, -0.1) is 0 Å². The molecule has 0 radical (unpaired) electrons. The number of benzene rings is 10. The van der Waals surface area contributed by atoms with Crippen LogP contribution in [0.2, 0.25) is 0 Å². The fourth-order valence-corrected chi connectivity index (χ4v) is 14.7. The minimum absolute atomic E-state index is 0.00523. The Bertz CT molecular complexity index is 4730. The molecule has 4 heterocycles. The number of hydrogen-bond acceptors (Lipinski definition) is 3. The minimum atomic E-state index is -0.180. The van der Waals surface area contributed by atoms with Gasteiger partial charge in [-0.25, -0.2) is 0 Å². The maximum absolute atomic E-state index is 2.63. The molecule has 0 saturated carbocycles. The quantitative estimate of drug-likeness (QED) is 0.155. The summed E-state index contributed by atoms with van der Waals surface area (Å²) in [6, 6.07) is 78.3. The van der Waals surface area contributed by atoms with Gasteiger partial charge in [0.05, 0.1) is 27.9 Å². The van der Waals surface area contributed by atoms with E-state index in [1.807, 2.05) is 0 Å². The van der Waals surface area contributed by atoms with Crippen molar-refractivity contribution in [2.75, 3.05) is 14.7 Å². The van der Waals surface area contributed by atoms with Gasteiger partial charge in [-0.1, -0.05) is 216 Å². The molecule has 0 unspecified atom stereocenters. The van der Waals surface area contributed by atoms with E-state index in [1.165, 1.54) is 116 Å². The van der Waals surface area contributed by atoms with Crippen molar-refractivity contribution in [3.63, 3.8) is 0 Å². The molecule has 2 aromatic heterocycles. The molecule has 5 nitrogen and oxygen atoms in total. The van der Waals surface area contributed by atoms with Crippen LogP contribution in [0.15, 0.2) is 200 Å². The van der Waals surface area contributed by atoms with Crippen molar-refractivity contribution in [3.05, 3.63) is 234 Å². The van der Waals surface area contributed by atoms with Crippen molar-refractivity contribution in [2.24, 2.45) is 7.05 Å². The fourth-order valence-electron chi connectivity index (χ4n) is 14.7. The smallest absolute Gasteiger partial charge is 0.252 e. The lowest BCUT2D eigenvalue weighted by atomic mass is 9.33. The molecule has 2 aliphatic rings. The summed E-state index contributed by atoms with van der Waals surface area (Å²) in [6.45, 7) is 41.5. The molecule has 0 atom stereocenters. The monoisotopic (exact) mass is 1190 g/mol. The first-order chi connectivity index (χ1) is 42.9. The second-order valence-corrected chi connectivity index (χ2v) is 32.5. The predicted molar refractivity (Wildman–Crippen MR) is 396 cm³/mol. The fraction of sp³-hybridized carbons (Fsp3) is 0.294. The van der Waals surface area contributed by atoms with E-state index >= 15 is 0 Å². The van der Waals surface area contributed by atoms with Crippen LogP contribution >= 0.6 is 0 Å². The van der Waals surface area contributed by atoms with Crippen LogP contribution in [0, 0.1) is 0 Å². The van der Waals surface area contributed by atoms with Gasteiger partial charge in [-0.2, -0.15) is 0 Å². The van der Waals surface area contributed by atoms with Crippen molar-refractivity contribution in [3.8, 4) is 5.69 Å². The first-order valence-corrected chi connectivity index (χ1v) is 33.1. The van der Waals surface area contributed by atoms with Gasteiger partial charge in [0, 0.05) is 79.6 Å². The molecule has 0 spiro atoms. The number of hydrogen-bond donors (Lipinski definition) is 0. The number of rotatable bonds is 6. The third-order valence-electron chi connectivity index (χ3n) is 20.0. The highest BCUT2D eigenvalue weighted by molar-refractivity contribution is 7.00. The van der Waals surface area contributed by atoms with E-state index < -0.39 is 0 Å². The van der Waals surface area contributed by atoms with Crippen LogP contribution in [0.5, 0.6) is 0 Å². The summed E-state index contributed by atoms with van der Waals surface area (Å²) in [4.78, 5) is 7.68. The lowest BCUT2D eigenvalue weighted by Crippen LogP contribution is -2.61. The third-order valence-corrected chi connectivity index (χ3v) is 20.0. The van der Waals surface area contributed by atoms with Gasteiger partial charge >= 0.3 is 0 Å². The zero-order valence-corrected chi connectivity index (χ0v) is 57.4. The summed E-state index contributed by atoms with van der Waals surface area (Å²) in [6.07, 6.45) is 0. The molecule has 0 N–H and O–H groups in total. The maximum Gasteiger partial charge on any atom is 0.252 e. The van der Waals surface area contributed by atoms with E-state index in [4.69, 9.17) is 0 Å². The molecule has 0 fully saturated rings. The van der Waals surface area contributed by atoms with Crippen LogP contribution in [0.1, 0.15) is 158 Å². The van der Waals surface area contributed by atoms with E-state index in [1.54, 1.807) is 0 Å². The third kappa shape index (κ3) is 9.89. The SMILES string of the molecule is Cn1c2ccccc2c2c(-n3c4ccc(C(C)(C)C)cc4c4cc(C(C)(C)C)ccc43)cc3c(c21)N(c1ccc(C(C)(C)C)cc1)c1cccc2c1B3c1ccc(N(c3ccc(C(C)(C)C)cc3)c3ccc(C(C)(C)C)cc3)cc1N2c1ccc(C(C)(C)C)cc1. The Morgan fingerprint density at radius 1 is 0.319 bits per heavy atom. The van der Waals surface area contributed by atoms with E-state index in [-0.39, 0.29) is 39.2 Å². The van der Waals surface area contributed by atoms with E-state index in [0.717, 1.165) is 34.1 Å². The number of anilines is 9. The highest BCUT2D eigenvalue weighted by Crippen LogP contribution is 2.51. The Kier molecular flexibility index (Phi) is 13.6. The molecule has 2 aliphatic heterocycles. The van der Waals surface area contributed by atoms with Crippen LogP contribution in [0.3, 0.4) is 0 Å². The largest absolute Gasteiger partial charge is 0.342 e.